The third-order valence-electron chi connectivity index (χ3n) is 3.93. The van der Waals surface area contributed by atoms with Gasteiger partial charge in [-0.25, -0.2) is 4.79 Å². The molecule has 2 aromatic carbocycles. The molecule has 1 aliphatic rings. The van der Waals surface area contributed by atoms with E-state index in [1.165, 1.54) is 0 Å². The summed E-state index contributed by atoms with van der Waals surface area (Å²) in [4.78, 5) is 34.1. The van der Waals surface area contributed by atoms with E-state index in [4.69, 9.17) is 4.74 Å². The highest BCUT2D eigenvalue weighted by molar-refractivity contribution is 6.04. The number of ether oxygens (including phenoxy) is 1. The fourth-order valence-electron chi connectivity index (χ4n) is 2.64. The van der Waals surface area contributed by atoms with Crippen molar-refractivity contribution in [3.05, 3.63) is 42.5 Å². The highest BCUT2D eigenvalue weighted by Crippen LogP contribution is 2.20. The van der Waals surface area contributed by atoms with Crippen molar-refractivity contribution in [1.82, 2.24) is 16.0 Å². The van der Waals surface area contributed by atoms with E-state index in [1.807, 2.05) is 42.5 Å². The normalized spacial score (nSPS) is 16.4. The first-order valence-electron chi connectivity index (χ1n) is 8.11. The maximum absolute atomic E-state index is 11.8. The predicted octanol–water partition coefficient (Wildman–Crippen LogP) is 1.32. The van der Waals surface area contributed by atoms with Gasteiger partial charge in [0.15, 0.2) is 0 Å². The minimum atomic E-state index is -0.632. The van der Waals surface area contributed by atoms with Crippen LogP contribution in [0.1, 0.15) is 12.8 Å². The molecule has 25 heavy (non-hydrogen) atoms. The molecule has 1 fully saturated rings. The highest BCUT2D eigenvalue weighted by Gasteiger charge is 2.29. The first kappa shape index (κ1) is 16.8. The molecular formula is C18H19N3O4. The van der Waals surface area contributed by atoms with Crippen molar-refractivity contribution < 1.29 is 19.1 Å². The number of rotatable bonds is 7. The zero-order chi connectivity index (χ0) is 17.6. The first-order chi connectivity index (χ1) is 12.1. The average molecular weight is 341 g/mol. The average Bonchev–Trinajstić information content (AvgIpc) is 2.94. The molecule has 0 aromatic heterocycles. The predicted molar refractivity (Wildman–Crippen MR) is 92.1 cm³/mol. The summed E-state index contributed by atoms with van der Waals surface area (Å²) < 4.78 is 5.64. The number of imide groups is 1. The maximum Gasteiger partial charge on any atom is 0.322 e. The molecule has 4 amide bonds. The van der Waals surface area contributed by atoms with Crippen molar-refractivity contribution in [2.45, 2.75) is 18.9 Å². The van der Waals surface area contributed by atoms with Gasteiger partial charge in [0.2, 0.25) is 5.91 Å². The molecule has 1 heterocycles. The Kier molecular flexibility index (Phi) is 5.13. The Hall–Kier alpha value is -3.09. The fourth-order valence-corrected chi connectivity index (χ4v) is 2.64. The Morgan fingerprint density at radius 2 is 1.92 bits per heavy atom. The molecule has 1 unspecified atom stereocenters. The zero-order valence-electron chi connectivity index (χ0n) is 13.6. The van der Waals surface area contributed by atoms with Crippen molar-refractivity contribution >= 4 is 28.6 Å². The minimum absolute atomic E-state index is 0.161. The molecule has 1 saturated heterocycles. The Labute approximate surface area is 144 Å². The minimum Gasteiger partial charge on any atom is -0.492 e. The van der Waals surface area contributed by atoms with E-state index < -0.39 is 18.0 Å². The zero-order valence-corrected chi connectivity index (χ0v) is 13.6. The topological polar surface area (TPSA) is 96.5 Å². The van der Waals surface area contributed by atoms with Crippen molar-refractivity contribution in [2.24, 2.45) is 0 Å². The van der Waals surface area contributed by atoms with Crippen LogP contribution in [0.25, 0.3) is 10.8 Å². The third-order valence-corrected chi connectivity index (χ3v) is 3.93. The Morgan fingerprint density at radius 1 is 1.12 bits per heavy atom. The molecule has 3 rings (SSSR count). The number of hydrogen-bond donors (Lipinski definition) is 3. The summed E-state index contributed by atoms with van der Waals surface area (Å²) in [6, 6.07) is 12.7. The molecule has 3 N–H and O–H groups in total. The molecule has 1 aliphatic heterocycles. The number of hydrogen-bond acceptors (Lipinski definition) is 4. The van der Waals surface area contributed by atoms with E-state index in [1.54, 1.807) is 0 Å². The van der Waals surface area contributed by atoms with Gasteiger partial charge in [0.25, 0.3) is 5.91 Å². The van der Waals surface area contributed by atoms with Crippen LogP contribution >= 0.6 is 0 Å². The number of carbonyl (C=O) groups excluding carboxylic acids is 3. The van der Waals surface area contributed by atoms with Crippen LogP contribution in [-0.2, 0) is 9.59 Å². The quantitative estimate of drug-likeness (QED) is 0.523. The van der Waals surface area contributed by atoms with E-state index in [2.05, 4.69) is 16.0 Å². The monoisotopic (exact) mass is 341 g/mol. The smallest absolute Gasteiger partial charge is 0.322 e. The van der Waals surface area contributed by atoms with E-state index in [-0.39, 0.29) is 18.7 Å². The summed E-state index contributed by atoms with van der Waals surface area (Å²) >= 11 is 0. The number of amides is 4. The molecular weight excluding hydrogens is 322 g/mol. The standard InChI is InChI=1S/C18H19N3O4/c22-16(8-7-15-17(23)21-18(24)20-15)19-9-10-25-14-6-5-12-3-1-2-4-13(12)11-14/h1-6,11,15H,7-10H2,(H,19,22)(H2,20,21,23,24). The lowest BCUT2D eigenvalue weighted by Crippen LogP contribution is -2.33. The van der Waals surface area contributed by atoms with Crippen molar-refractivity contribution in [3.63, 3.8) is 0 Å². The maximum atomic E-state index is 11.8. The van der Waals surface area contributed by atoms with Crippen LogP contribution in [0.2, 0.25) is 0 Å². The largest absolute Gasteiger partial charge is 0.492 e. The van der Waals surface area contributed by atoms with Crippen LogP contribution in [0.4, 0.5) is 4.79 Å². The summed E-state index contributed by atoms with van der Waals surface area (Å²) in [5.74, 6) is 0.173. The molecule has 0 spiro atoms. The molecule has 7 nitrogen and oxygen atoms in total. The number of nitrogens with one attached hydrogen (secondary N) is 3. The van der Waals surface area contributed by atoms with Crippen molar-refractivity contribution in [2.75, 3.05) is 13.2 Å². The van der Waals surface area contributed by atoms with Gasteiger partial charge in [-0.2, -0.15) is 0 Å². The molecule has 0 bridgehead atoms. The van der Waals surface area contributed by atoms with Gasteiger partial charge in [-0.1, -0.05) is 30.3 Å². The lowest BCUT2D eigenvalue weighted by molar-refractivity contribution is -0.122. The summed E-state index contributed by atoms with van der Waals surface area (Å²) in [5, 5.41) is 9.57. The SMILES string of the molecule is O=C(CCC1NC(=O)NC1=O)NCCOc1ccc2ccccc2c1. The second-order valence-corrected chi connectivity index (χ2v) is 5.76. The number of carbonyl (C=O) groups is 3. The fraction of sp³-hybridized carbons (Fsp3) is 0.278. The van der Waals surface area contributed by atoms with Gasteiger partial charge in [0.1, 0.15) is 18.4 Å². The summed E-state index contributed by atoms with van der Waals surface area (Å²) in [5.41, 5.74) is 0. The second kappa shape index (κ2) is 7.65. The van der Waals surface area contributed by atoms with Gasteiger partial charge in [0.05, 0.1) is 6.54 Å². The Balaban J connectivity index is 1.36. The molecule has 130 valence electrons. The number of fused-ring (bicyclic) bond motifs is 1. The molecule has 0 saturated carbocycles. The van der Waals surface area contributed by atoms with Gasteiger partial charge in [-0.05, 0) is 29.3 Å². The van der Waals surface area contributed by atoms with Crippen molar-refractivity contribution in [3.8, 4) is 5.75 Å². The van der Waals surface area contributed by atoms with Crippen molar-refractivity contribution in [1.29, 1.82) is 0 Å². The van der Waals surface area contributed by atoms with E-state index in [0.29, 0.717) is 13.2 Å². The molecule has 7 heteroatoms. The summed E-state index contributed by atoms with van der Waals surface area (Å²) in [6.45, 7) is 0.722. The van der Waals surface area contributed by atoms with Crippen LogP contribution in [0.3, 0.4) is 0 Å². The Bertz CT molecular complexity index is 806. The summed E-state index contributed by atoms with van der Waals surface area (Å²) in [6.07, 6.45) is 0.434. The summed E-state index contributed by atoms with van der Waals surface area (Å²) in [7, 11) is 0. The second-order valence-electron chi connectivity index (χ2n) is 5.76. The number of urea groups is 1. The van der Waals surface area contributed by atoms with Gasteiger partial charge >= 0.3 is 6.03 Å². The highest BCUT2D eigenvalue weighted by atomic mass is 16.5. The van der Waals surface area contributed by atoms with E-state index in [0.717, 1.165) is 16.5 Å². The van der Waals surface area contributed by atoms with Gasteiger partial charge in [-0.3, -0.25) is 14.9 Å². The number of benzene rings is 2. The van der Waals surface area contributed by atoms with Crippen LogP contribution in [0, 0.1) is 0 Å². The van der Waals surface area contributed by atoms with Gasteiger partial charge in [-0.15, -0.1) is 0 Å². The van der Waals surface area contributed by atoms with Crippen LogP contribution in [0.5, 0.6) is 5.75 Å². The first-order valence-corrected chi connectivity index (χ1v) is 8.11. The molecule has 1 atom stereocenters. The molecule has 2 aromatic rings. The van der Waals surface area contributed by atoms with E-state index >= 15 is 0 Å². The lowest BCUT2D eigenvalue weighted by Gasteiger charge is -2.10. The molecule has 0 aliphatic carbocycles. The van der Waals surface area contributed by atoms with Crippen LogP contribution in [-0.4, -0.2) is 37.0 Å². The Morgan fingerprint density at radius 3 is 2.68 bits per heavy atom. The van der Waals surface area contributed by atoms with E-state index in [9.17, 15) is 14.4 Å². The lowest BCUT2D eigenvalue weighted by atomic mass is 10.1. The molecule has 0 radical (unpaired) electrons. The van der Waals surface area contributed by atoms with Crippen LogP contribution < -0.4 is 20.7 Å². The third kappa shape index (κ3) is 4.47. The van der Waals surface area contributed by atoms with Crippen LogP contribution in [0.15, 0.2) is 42.5 Å². The van der Waals surface area contributed by atoms with Gasteiger partial charge < -0.3 is 15.4 Å². The van der Waals surface area contributed by atoms with Gasteiger partial charge in [0, 0.05) is 6.42 Å².